The second kappa shape index (κ2) is 4.67. The average molecular weight is 152 g/mol. The summed E-state index contributed by atoms with van der Waals surface area (Å²) in [6.45, 7) is 10.4. The summed E-state index contributed by atoms with van der Waals surface area (Å²) in [7, 11) is 0. The lowest BCUT2D eigenvalue weighted by Gasteiger charge is -2.02. The normalized spacial score (nSPS) is 13.0. The summed E-state index contributed by atoms with van der Waals surface area (Å²) in [5.74, 6) is -0.416. The first kappa shape index (κ1) is 9.89. The third-order valence-electron chi connectivity index (χ3n) is 1.42. The fourth-order valence-corrected chi connectivity index (χ4v) is 0.863. The predicted molar refractivity (Wildman–Crippen MR) is 48.0 cm³/mol. The first-order chi connectivity index (χ1) is 5.17. The van der Waals surface area contributed by atoms with Crippen molar-refractivity contribution in [3.05, 3.63) is 48.4 Å². The zero-order chi connectivity index (χ0) is 8.85. The van der Waals surface area contributed by atoms with Crippen LogP contribution in [-0.4, -0.2) is 0 Å². The molecule has 0 saturated heterocycles. The summed E-state index contributed by atoms with van der Waals surface area (Å²) in [6, 6.07) is 0. The van der Waals surface area contributed by atoms with Gasteiger partial charge in [0.2, 0.25) is 0 Å². The van der Waals surface area contributed by atoms with Gasteiger partial charge in [0.25, 0.3) is 0 Å². The van der Waals surface area contributed by atoms with E-state index in [1.54, 1.807) is 25.2 Å². The Balaban J connectivity index is 4.79. The van der Waals surface area contributed by atoms with Crippen LogP contribution in [0.15, 0.2) is 48.4 Å². The minimum absolute atomic E-state index is 0.416. The van der Waals surface area contributed by atoms with E-state index < -0.39 is 5.83 Å². The number of hydrogen-bond donors (Lipinski definition) is 0. The highest BCUT2D eigenvalue weighted by Gasteiger charge is 2.02. The monoisotopic (exact) mass is 152 g/mol. The van der Waals surface area contributed by atoms with Gasteiger partial charge in [0.15, 0.2) is 0 Å². The van der Waals surface area contributed by atoms with Crippen LogP contribution in [0.5, 0.6) is 0 Å². The van der Waals surface area contributed by atoms with E-state index in [1.165, 1.54) is 0 Å². The van der Waals surface area contributed by atoms with Crippen LogP contribution in [0.4, 0.5) is 4.39 Å². The average Bonchev–Trinajstić information content (AvgIpc) is 1.99. The van der Waals surface area contributed by atoms with E-state index >= 15 is 0 Å². The molecule has 0 aromatic heterocycles. The molecular weight excluding hydrogens is 139 g/mol. The molecule has 0 heterocycles. The Kier molecular flexibility index (Phi) is 4.20. The molecule has 0 aliphatic carbocycles. The molecule has 0 amide bonds. The van der Waals surface area contributed by atoms with Crippen LogP contribution >= 0.6 is 0 Å². The second-order valence-electron chi connectivity index (χ2n) is 2.06. The standard InChI is InChI=1S/C10H13F/c1-5-9(6-2)10(7-3)8(4)11/h5-7H,1,4H2,2-3H3/b9-6+,10-7+. The molecule has 0 radical (unpaired) electrons. The minimum atomic E-state index is -0.416. The minimum Gasteiger partial charge on any atom is -0.207 e. The van der Waals surface area contributed by atoms with Crippen molar-refractivity contribution in [1.82, 2.24) is 0 Å². The zero-order valence-corrected chi connectivity index (χ0v) is 7.02. The Hall–Kier alpha value is -1.11. The van der Waals surface area contributed by atoms with E-state index in [0.29, 0.717) is 5.57 Å². The molecule has 0 aromatic rings. The quantitative estimate of drug-likeness (QED) is 0.542. The van der Waals surface area contributed by atoms with E-state index in [2.05, 4.69) is 13.2 Å². The van der Waals surface area contributed by atoms with E-state index in [9.17, 15) is 4.39 Å². The van der Waals surface area contributed by atoms with Crippen LogP contribution < -0.4 is 0 Å². The molecule has 0 aliphatic rings. The van der Waals surface area contributed by atoms with E-state index in [4.69, 9.17) is 0 Å². The van der Waals surface area contributed by atoms with Crippen LogP contribution in [0.1, 0.15) is 13.8 Å². The molecule has 0 bridgehead atoms. The van der Waals surface area contributed by atoms with Gasteiger partial charge in [-0.15, -0.1) is 0 Å². The molecule has 0 saturated carbocycles. The lowest BCUT2D eigenvalue weighted by Crippen LogP contribution is -1.85. The van der Waals surface area contributed by atoms with Crippen molar-refractivity contribution in [2.75, 3.05) is 0 Å². The first-order valence-electron chi connectivity index (χ1n) is 3.47. The van der Waals surface area contributed by atoms with Crippen LogP contribution in [-0.2, 0) is 0 Å². The second-order valence-corrected chi connectivity index (χ2v) is 2.06. The van der Waals surface area contributed by atoms with Gasteiger partial charge in [-0.3, -0.25) is 0 Å². The van der Waals surface area contributed by atoms with Crippen LogP contribution in [0.3, 0.4) is 0 Å². The van der Waals surface area contributed by atoms with Crippen LogP contribution in [0, 0.1) is 0 Å². The van der Waals surface area contributed by atoms with Gasteiger partial charge in [0.1, 0.15) is 5.83 Å². The van der Waals surface area contributed by atoms with Gasteiger partial charge in [0, 0.05) is 5.57 Å². The lowest BCUT2D eigenvalue weighted by molar-refractivity contribution is 0.659. The summed E-state index contributed by atoms with van der Waals surface area (Å²) in [6.07, 6.45) is 5.09. The Labute approximate surface area is 67.4 Å². The van der Waals surface area contributed by atoms with Crippen molar-refractivity contribution >= 4 is 0 Å². The van der Waals surface area contributed by atoms with E-state index in [0.717, 1.165) is 5.57 Å². The molecule has 11 heavy (non-hydrogen) atoms. The fraction of sp³-hybridized carbons (Fsp3) is 0.200. The molecule has 0 aromatic carbocycles. The number of hydrogen-bond acceptors (Lipinski definition) is 0. The molecule has 0 fully saturated rings. The SMILES string of the molecule is C=CC(=C\C)/C(=C/C)C(=C)F. The molecule has 0 aliphatic heterocycles. The zero-order valence-electron chi connectivity index (χ0n) is 7.02. The smallest absolute Gasteiger partial charge is 0.123 e. The molecule has 0 unspecified atom stereocenters. The maximum atomic E-state index is 12.6. The van der Waals surface area contributed by atoms with Gasteiger partial charge in [-0.2, -0.15) is 0 Å². The highest BCUT2D eigenvalue weighted by molar-refractivity contribution is 5.47. The van der Waals surface area contributed by atoms with Crippen molar-refractivity contribution in [1.29, 1.82) is 0 Å². The first-order valence-corrected chi connectivity index (χ1v) is 3.47. The Morgan fingerprint density at radius 3 is 1.91 bits per heavy atom. The number of allylic oxidation sites excluding steroid dienone is 6. The lowest BCUT2D eigenvalue weighted by atomic mass is 10.1. The maximum Gasteiger partial charge on any atom is 0.123 e. The van der Waals surface area contributed by atoms with Crippen LogP contribution in [0.25, 0.3) is 0 Å². The predicted octanol–water partition coefficient (Wildman–Crippen LogP) is 3.55. The Bertz CT molecular complexity index is 219. The molecule has 1 heteroatoms. The van der Waals surface area contributed by atoms with Crippen molar-refractivity contribution in [3.8, 4) is 0 Å². The Morgan fingerprint density at radius 1 is 1.27 bits per heavy atom. The van der Waals surface area contributed by atoms with Gasteiger partial charge in [-0.1, -0.05) is 31.4 Å². The van der Waals surface area contributed by atoms with E-state index in [-0.39, 0.29) is 0 Å². The largest absolute Gasteiger partial charge is 0.207 e. The fourth-order valence-electron chi connectivity index (χ4n) is 0.863. The van der Waals surface area contributed by atoms with Gasteiger partial charge >= 0.3 is 0 Å². The molecule has 0 N–H and O–H groups in total. The Morgan fingerprint density at radius 2 is 1.82 bits per heavy atom. The molecule has 0 nitrogen and oxygen atoms in total. The van der Waals surface area contributed by atoms with Gasteiger partial charge in [0.05, 0.1) is 0 Å². The summed E-state index contributed by atoms with van der Waals surface area (Å²) < 4.78 is 12.6. The summed E-state index contributed by atoms with van der Waals surface area (Å²) in [5.41, 5.74) is 1.29. The molecule has 60 valence electrons. The topological polar surface area (TPSA) is 0 Å². The van der Waals surface area contributed by atoms with Crippen molar-refractivity contribution in [2.24, 2.45) is 0 Å². The third-order valence-corrected chi connectivity index (χ3v) is 1.42. The molecule has 0 atom stereocenters. The summed E-state index contributed by atoms with van der Waals surface area (Å²) >= 11 is 0. The third kappa shape index (κ3) is 2.54. The molecular formula is C10H13F. The van der Waals surface area contributed by atoms with Gasteiger partial charge in [-0.25, -0.2) is 4.39 Å². The van der Waals surface area contributed by atoms with E-state index in [1.807, 2.05) is 6.92 Å². The van der Waals surface area contributed by atoms with Crippen molar-refractivity contribution in [3.63, 3.8) is 0 Å². The summed E-state index contributed by atoms with van der Waals surface area (Å²) in [5, 5.41) is 0. The van der Waals surface area contributed by atoms with Crippen molar-refractivity contribution < 1.29 is 4.39 Å². The number of rotatable bonds is 3. The van der Waals surface area contributed by atoms with Gasteiger partial charge < -0.3 is 0 Å². The van der Waals surface area contributed by atoms with Crippen molar-refractivity contribution in [2.45, 2.75) is 13.8 Å². The number of halogens is 1. The summed E-state index contributed by atoms with van der Waals surface area (Å²) in [4.78, 5) is 0. The van der Waals surface area contributed by atoms with Gasteiger partial charge in [-0.05, 0) is 19.4 Å². The maximum absolute atomic E-state index is 12.6. The molecule has 0 rings (SSSR count). The highest BCUT2D eigenvalue weighted by atomic mass is 19.1. The molecule has 0 spiro atoms. The van der Waals surface area contributed by atoms with Crippen LogP contribution in [0.2, 0.25) is 0 Å². The highest BCUT2D eigenvalue weighted by Crippen LogP contribution is 2.19.